The van der Waals surface area contributed by atoms with Gasteiger partial charge in [0.15, 0.2) is 0 Å². The van der Waals surface area contributed by atoms with Gasteiger partial charge in [-0.25, -0.2) is 4.98 Å². The molecule has 0 aliphatic heterocycles. The number of nitrogens with zero attached hydrogens (tertiary/aromatic N) is 1. The van der Waals surface area contributed by atoms with Gasteiger partial charge in [0.25, 0.3) is 0 Å². The van der Waals surface area contributed by atoms with E-state index in [-0.39, 0.29) is 12.1 Å². The fraction of sp³-hybridized carbons (Fsp3) is 0.769. The largest absolute Gasteiger partial charge is 0.392 e. The zero-order valence-electron chi connectivity index (χ0n) is 10.7. The summed E-state index contributed by atoms with van der Waals surface area (Å²) in [5.74, 6) is 0. The third-order valence-corrected chi connectivity index (χ3v) is 4.64. The Morgan fingerprint density at radius 1 is 1.29 bits per heavy atom. The van der Waals surface area contributed by atoms with Gasteiger partial charge < -0.3 is 10.4 Å². The Balaban J connectivity index is 1.88. The summed E-state index contributed by atoms with van der Waals surface area (Å²) in [4.78, 5) is 5.81. The van der Waals surface area contributed by atoms with Crippen molar-refractivity contribution in [1.82, 2.24) is 10.3 Å². The Bertz CT molecular complexity index is 345. The highest BCUT2D eigenvalue weighted by atomic mass is 32.1. The van der Waals surface area contributed by atoms with Crippen LogP contribution >= 0.6 is 11.3 Å². The van der Waals surface area contributed by atoms with Crippen LogP contribution in [0.25, 0.3) is 0 Å². The Kier molecular flexibility index (Phi) is 4.54. The second-order valence-corrected chi connectivity index (χ2v) is 6.23. The highest BCUT2D eigenvalue weighted by molar-refractivity contribution is 7.11. The summed E-state index contributed by atoms with van der Waals surface area (Å²) in [5, 5.41) is 14.6. The number of nitrogens with one attached hydrogen (secondary N) is 1. The fourth-order valence-corrected chi connectivity index (χ4v) is 3.24. The maximum absolute atomic E-state index is 10.0. The van der Waals surface area contributed by atoms with E-state index >= 15 is 0 Å². The summed E-state index contributed by atoms with van der Waals surface area (Å²) in [6.07, 6.45) is 5.49. The molecule has 4 heteroatoms. The van der Waals surface area contributed by atoms with Crippen molar-refractivity contribution in [3.8, 4) is 0 Å². The van der Waals surface area contributed by atoms with Crippen LogP contribution in [0.3, 0.4) is 0 Å². The van der Waals surface area contributed by atoms with Gasteiger partial charge in [0.05, 0.1) is 11.8 Å². The minimum absolute atomic E-state index is 0.181. The smallest absolute Gasteiger partial charge is 0.107 e. The molecule has 2 unspecified atom stereocenters. The zero-order chi connectivity index (χ0) is 12.3. The number of aromatic nitrogens is 1. The molecule has 1 aromatic heterocycles. The first-order chi connectivity index (χ1) is 8.16. The molecule has 0 spiro atoms. The van der Waals surface area contributed by atoms with Gasteiger partial charge in [0.2, 0.25) is 0 Å². The molecule has 1 aromatic rings. The van der Waals surface area contributed by atoms with E-state index in [0.717, 1.165) is 36.5 Å². The van der Waals surface area contributed by atoms with Crippen LogP contribution < -0.4 is 5.32 Å². The first-order valence-corrected chi connectivity index (χ1v) is 7.33. The maximum Gasteiger partial charge on any atom is 0.107 e. The van der Waals surface area contributed by atoms with Crippen LogP contribution in [0.4, 0.5) is 0 Å². The van der Waals surface area contributed by atoms with E-state index < -0.39 is 0 Å². The lowest BCUT2D eigenvalue weighted by atomic mass is 10.1. The lowest BCUT2D eigenvalue weighted by Crippen LogP contribution is -2.38. The van der Waals surface area contributed by atoms with Crippen molar-refractivity contribution in [2.24, 2.45) is 0 Å². The van der Waals surface area contributed by atoms with E-state index in [1.54, 1.807) is 11.3 Å². The molecule has 0 saturated heterocycles. The van der Waals surface area contributed by atoms with Crippen molar-refractivity contribution in [3.63, 3.8) is 0 Å². The van der Waals surface area contributed by atoms with Crippen molar-refractivity contribution in [2.45, 2.75) is 64.6 Å². The zero-order valence-corrected chi connectivity index (χ0v) is 11.5. The lowest BCUT2D eigenvalue weighted by molar-refractivity contribution is 0.119. The Morgan fingerprint density at radius 2 is 2.06 bits per heavy atom. The summed E-state index contributed by atoms with van der Waals surface area (Å²) in [6.45, 7) is 4.95. The van der Waals surface area contributed by atoms with Crippen LogP contribution in [0.1, 0.15) is 47.7 Å². The van der Waals surface area contributed by atoms with Crippen LogP contribution in [-0.2, 0) is 6.54 Å². The first kappa shape index (κ1) is 13.0. The van der Waals surface area contributed by atoms with Crippen molar-refractivity contribution >= 4 is 11.3 Å². The normalized spacial score (nSPS) is 25.8. The van der Waals surface area contributed by atoms with Crippen LogP contribution in [0.15, 0.2) is 0 Å². The van der Waals surface area contributed by atoms with Crippen LogP contribution in [-0.4, -0.2) is 22.2 Å². The second-order valence-electron chi connectivity index (χ2n) is 4.94. The van der Waals surface area contributed by atoms with Crippen LogP contribution in [0.2, 0.25) is 0 Å². The van der Waals surface area contributed by atoms with E-state index in [9.17, 15) is 5.11 Å². The molecule has 2 atom stereocenters. The molecule has 2 rings (SSSR count). The van der Waals surface area contributed by atoms with Crippen LogP contribution in [0.5, 0.6) is 0 Å². The first-order valence-electron chi connectivity index (χ1n) is 6.51. The third kappa shape index (κ3) is 3.50. The maximum atomic E-state index is 10.0. The quantitative estimate of drug-likeness (QED) is 0.815. The molecule has 2 N–H and O–H groups in total. The predicted octanol–water partition coefficient (Wildman–Crippen LogP) is 2.54. The molecule has 1 fully saturated rings. The Hall–Kier alpha value is -0.450. The van der Waals surface area contributed by atoms with Crippen molar-refractivity contribution in [3.05, 3.63) is 15.6 Å². The SMILES string of the molecule is Cc1nc(CNC2CCCCCC2O)sc1C. The highest BCUT2D eigenvalue weighted by Crippen LogP contribution is 2.20. The van der Waals surface area contributed by atoms with Crippen molar-refractivity contribution in [2.75, 3.05) is 0 Å². The summed E-state index contributed by atoms with van der Waals surface area (Å²) in [5.41, 5.74) is 1.13. The van der Waals surface area contributed by atoms with Gasteiger partial charge in [0.1, 0.15) is 5.01 Å². The van der Waals surface area contributed by atoms with Crippen molar-refractivity contribution < 1.29 is 5.11 Å². The predicted molar refractivity (Wildman–Crippen MR) is 71.3 cm³/mol. The number of hydrogen-bond acceptors (Lipinski definition) is 4. The number of aryl methyl sites for hydroxylation is 2. The topological polar surface area (TPSA) is 45.2 Å². The molecule has 1 heterocycles. The molecule has 0 amide bonds. The minimum Gasteiger partial charge on any atom is -0.392 e. The van der Waals surface area contributed by atoms with E-state index in [4.69, 9.17) is 0 Å². The molecular formula is C13H22N2OS. The molecule has 0 radical (unpaired) electrons. The van der Waals surface area contributed by atoms with Gasteiger partial charge in [-0.1, -0.05) is 19.3 Å². The minimum atomic E-state index is -0.181. The van der Waals surface area contributed by atoms with Gasteiger partial charge in [-0.3, -0.25) is 0 Å². The summed E-state index contributed by atoms with van der Waals surface area (Å²) >= 11 is 1.75. The number of rotatable bonds is 3. The molecule has 0 bridgehead atoms. The van der Waals surface area contributed by atoms with Gasteiger partial charge >= 0.3 is 0 Å². The fourth-order valence-electron chi connectivity index (χ4n) is 2.36. The van der Waals surface area contributed by atoms with Gasteiger partial charge in [-0.15, -0.1) is 11.3 Å². The molecule has 1 aliphatic rings. The highest BCUT2D eigenvalue weighted by Gasteiger charge is 2.21. The molecular weight excluding hydrogens is 232 g/mol. The molecule has 0 aromatic carbocycles. The molecule has 96 valence electrons. The summed E-state index contributed by atoms with van der Waals surface area (Å²) in [7, 11) is 0. The van der Waals surface area contributed by atoms with E-state index in [2.05, 4.69) is 24.1 Å². The van der Waals surface area contributed by atoms with Gasteiger partial charge in [-0.2, -0.15) is 0 Å². The molecule has 3 nitrogen and oxygen atoms in total. The third-order valence-electron chi connectivity index (χ3n) is 3.57. The van der Waals surface area contributed by atoms with E-state index in [1.807, 2.05) is 0 Å². The standard InChI is InChI=1S/C13H22N2OS/c1-9-10(2)17-13(15-9)8-14-11-6-4-3-5-7-12(11)16/h11-12,14,16H,3-8H2,1-2H3. The molecule has 1 aliphatic carbocycles. The Labute approximate surface area is 107 Å². The summed E-state index contributed by atoms with van der Waals surface area (Å²) in [6, 6.07) is 0.252. The Morgan fingerprint density at radius 3 is 2.76 bits per heavy atom. The average Bonchev–Trinajstić information content (AvgIpc) is 2.50. The number of thiazole rings is 1. The molecule has 1 saturated carbocycles. The van der Waals surface area contributed by atoms with Gasteiger partial charge in [0, 0.05) is 17.5 Å². The summed E-state index contributed by atoms with van der Waals surface area (Å²) < 4.78 is 0. The molecule has 17 heavy (non-hydrogen) atoms. The van der Waals surface area contributed by atoms with Crippen molar-refractivity contribution in [1.29, 1.82) is 0 Å². The van der Waals surface area contributed by atoms with E-state index in [0.29, 0.717) is 0 Å². The van der Waals surface area contributed by atoms with Gasteiger partial charge in [-0.05, 0) is 26.7 Å². The van der Waals surface area contributed by atoms with Crippen LogP contribution in [0, 0.1) is 13.8 Å². The lowest BCUT2D eigenvalue weighted by Gasteiger charge is -2.21. The number of aliphatic hydroxyl groups is 1. The monoisotopic (exact) mass is 254 g/mol. The van der Waals surface area contributed by atoms with E-state index in [1.165, 1.54) is 17.7 Å². The number of aliphatic hydroxyl groups excluding tert-OH is 1. The number of hydrogen-bond donors (Lipinski definition) is 2. The average molecular weight is 254 g/mol. The second kappa shape index (κ2) is 5.94.